The number of ketones is 2. The molecular formula is C19H13NO2. The fourth-order valence-corrected chi connectivity index (χ4v) is 3.11. The van der Waals surface area contributed by atoms with Gasteiger partial charge in [0.1, 0.15) is 5.69 Å². The van der Waals surface area contributed by atoms with Crippen LogP contribution in [0.4, 0.5) is 0 Å². The minimum absolute atomic E-state index is 0.0790. The Kier molecular flexibility index (Phi) is 2.63. The Morgan fingerprint density at radius 3 is 2.00 bits per heavy atom. The van der Waals surface area contributed by atoms with Gasteiger partial charge in [-0.1, -0.05) is 54.6 Å². The molecule has 0 aliphatic heterocycles. The molecule has 0 bridgehead atoms. The molecule has 0 spiro atoms. The second kappa shape index (κ2) is 4.53. The van der Waals surface area contributed by atoms with Crippen LogP contribution in [0, 0.1) is 0 Å². The van der Waals surface area contributed by atoms with Gasteiger partial charge in [0, 0.05) is 29.9 Å². The number of hydrogen-bond acceptors (Lipinski definition) is 2. The first-order valence-electron chi connectivity index (χ1n) is 7.11. The van der Waals surface area contributed by atoms with Crippen LogP contribution in [0.1, 0.15) is 32.0 Å². The molecule has 0 saturated heterocycles. The van der Waals surface area contributed by atoms with Crippen molar-refractivity contribution in [1.82, 2.24) is 4.57 Å². The molecule has 1 heterocycles. The SMILES string of the molecule is Cn1cc(-c2ccccc2)c2c1C(=O)c1ccccc1C2=O. The van der Waals surface area contributed by atoms with Crippen LogP contribution < -0.4 is 0 Å². The van der Waals surface area contributed by atoms with Crippen LogP contribution in [-0.4, -0.2) is 16.1 Å². The van der Waals surface area contributed by atoms with Crippen LogP contribution in [0.3, 0.4) is 0 Å². The van der Waals surface area contributed by atoms with E-state index in [1.165, 1.54) is 0 Å². The van der Waals surface area contributed by atoms with Gasteiger partial charge in [-0.15, -0.1) is 0 Å². The molecule has 3 nitrogen and oxygen atoms in total. The van der Waals surface area contributed by atoms with E-state index >= 15 is 0 Å². The molecule has 0 atom stereocenters. The third kappa shape index (κ3) is 1.62. The Morgan fingerprint density at radius 2 is 1.32 bits per heavy atom. The van der Waals surface area contributed by atoms with Crippen molar-refractivity contribution < 1.29 is 9.59 Å². The first-order valence-corrected chi connectivity index (χ1v) is 7.11. The monoisotopic (exact) mass is 287 g/mol. The molecule has 2 aromatic carbocycles. The van der Waals surface area contributed by atoms with E-state index in [2.05, 4.69) is 0 Å². The average molecular weight is 287 g/mol. The lowest BCUT2D eigenvalue weighted by molar-refractivity contribution is 0.0974. The lowest BCUT2D eigenvalue weighted by Crippen LogP contribution is -2.22. The van der Waals surface area contributed by atoms with Crippen molar-refractivity contribution in [1.29, 1.82) is 0 Å². The predicted octanol–water partition coefficient (Wildman–Crippen LogP) is 3.47. The second-order valence-electron chi connectivity index (χ2n) is 5.45. The van der Waals surface area contributed by atoms with Crippen molar-refractivity contribution in [2.24, 2.45) is 7.05 Å². The highest BCUT2D eigenvalue weighted by molar-refractivity contribution is 6.30. The minimum atomic E-state index is -0.0881. The van der Waals surface area contributed by atoms with Crippen LogP contribution in [-0.2, 0) is 7.05 Å². The highest BCUT2D eigenvalue weighted by Crippen LogP contribution is 2.35. The molecule has 106 valence electrons. The molecule has 0 unspecified atom stereocenters. The smallest absolute Gasteiger partial charge is 0.210 e. The lowest BCUT2D eigenvalue weighted by Gasteiger charge is -2.16. The third-order valence-electron chi connectivity index (χ3n) is 4.12. The van der Waals surface area contributed by atoms with E-state index in [1.807, 2.05) is 43.6 Å². The summed E-state index contributed by atoms with van der Waals surface area (Å²) in [6.07, 6.45) is 1.86. The van der Waals surface area contributed by atoms with E-state index < -0.39 is 0 Å². The van der Waals surface area contributed by atoms with Crippen molar-refractivity contribution in [3.8, 4) is 11.1 Å². The standard InChI is InChI=1S/C19H13NO2/c1-20-11-15(12-7-3-2-4-8-12)16-17(20)19(22)14-10-6-5-9-13(14)18(16)21/h2-11H,1H3. The number of aryl methyl sites for hydroxylation is 1. The van der Waals surface area contributed by atoms with E-state index in [9.17, 15) is 9.59 Å². The molecular weight excluding hydrogens is 274 g/mol. The molecule has 1 aliphatic rings. The summed E-state index contributed by atoms with van der Waals surface area (Å²) in [5.41, 5.74) is 3.72. The molecule has 0 saturated carbocycles. The summed E-state index contributed by atoms with van der Waals surface area (Å²) in [5.74, 6) is -0.167. The molecule has 3 aromatic rings. The zero-order valence-electron chi connectivity index (χ0n) is 12.0. The third-order valence-corrected chi connectivity index (χ3v) is 4.12. The van der Waals surface area contributed by atoms with Crippen molar-refractivity contribution in [3.63, 3.8) is 0 Å². The minimum Gasteiger partial charge on any atom is -0.347 e. The molecule has 1 aromatic heterocycles. The number of carbonyl (C=O) groups is 2. The van der Waals surface area contributed by atoms with Gasteiger partial charge in [-0.3, -0.25) is 9.59 Å². The maximum absolute atomic E-state index is 12.9. The van der Waals surface area contributed by atoms with E-state index in [1.54, 1.807) is 28.8 Å². The first kappa shape index (κ1) is 12.8. The summed E-state index contributed by atoms with van der Waals surface area (Å²) in [7, 11) is 1.81. The zero-order chi connectivity index (χ0) is 15.3. The molecule has 0 amide bonds. The second-order valence-corrected chi connectivity index (χ2v) is 5.45. The summed E-state index contributed by atoms with van der Waals surface area (Å²) in [4.78, 5) is 25.6. The first-order chi connectivity index (χ1) is 10.7. The number of aromatic nitrogens is 1. The van der Waals surface area contributed by atoms with Crippen LogP contribution in [0.2, 0.25) is 0 Å². The number of benzene rings is 2. The Balaban J connectivity index is 2.03. The van der Waals surface area contributed by atoms with E-state index in [0.717, 1.165) is 11.1 Å². The number of carbonyl (C=O) groups excluding carboxylic acids is 2. The number of fused-ring (bicyclic) bond motifs is 2. The molecule has 0 radical (unpaired) electrons. The molecule has 22 heavy (non-hydrogen) atoms. The van der Waals surface area contributed by atoms with Crippen LogP contribution >= 0.6 is 0 Å². The summed E-state index contributed by atoms with van der Waals surface area (Å²) in [6.45, 7) is 0. The molecule has 4 rings (SSSR count). The van der Waals surface area contributed by atoms with Crippen molar-refractivity contribution in [2.75, 3.05) is 0 Å². The van der Waals surface area contributed by atoms with Gasteiger partial charge in [-0.25, -0.2) is 0 Å². The van der Waals surface area contributed by atoms with E-state index in [4.69, 9.17) is 0 Å². The van der Waals surface area contributed by atoms with Crippen molar-refractivity contribution in [3.05, 3.63) is 83.2 Å². The van der Waals surface area contributed by atoms with Gasteiger partial charge in [-0.05, 0) is 5.56 Å². The Hall–Kier alpha value is -2.94. The number of hydrogen-bond donors (Lipinski definition) is 0. The van der Waals surface area contributed by atoms with Gasteiger partial charge >= 0.3 is 0 Å². The largest absolute Gasteiger partial charge is 0.347 e. The number of rotatable bonds is 1. The van der Waals surface area contributed by atoms with Crippen LogP contribution in [0.15, 0.2) is 60.8 Å². The normalized spacial score (nSPS) is 13.0. The fourth-order valence-electron chi connectivity index (χ4n) is 3.11. The summed E-state index contributed by atoms with van der Waals surface area (Å²) >= 11 is 0. The quantitative estimate of drug-likeness (QED) is 0.538. The maximum atomic E-state index is 12.9. The topological polar surface area (TPSA) is 39.1 Å². The Bertz CT molecular complexity index is 920. The van der Waals surface area contributed by atoms with Gasteiger partial charge in [0.2, 0.25) is 5.78 Å². The van der Waals surface area contributed by atoms with Crippen LogP contribution in [0.5, 0.6) is 0 Å². The maximum Gasteiger partial charge on any atom is 0.210 e. The summed E-state index contributed by atoms with van der Waals surface area (Å²) in [5, 5.41) is 0. The van der Waals surface area contributed by atoms with Gasteiger partial charge in [0.25, 0.3) is 0 Å². The van der Waals surface area contributed by atoms with Gasteiger partial charge < -0.3 is 4.57 Å². The lowest BCUT2D eigenvalue weighted by atomic mass is 9.85. The van der Waals surface area contributed by atoms with Crippen LogP contribution in [0.25, 0.3) is 11.1 Å². The van der Waals surface area contributed by atoms with Gasteiger partial charge in [0.05, 0.1) is 5.56 Å². The molecule has 0 fully saturated rings. The van der Waals surface area contributed by atoms with E-state index in [0.29, 0.717) is 22.4 Å². The van der Waals surface area contributed by atoms with Crippen molar-refractivity contribution in [2.45, 2.75) is 0 Å². The highest BCUT2D eigenvalue weighted by atomic mass is 16.1. The Morgan fingerprint density at radius 1 is 0.727 bits per heavy atom. The molecule has 1 aliphatic carbocycles. The summed E-state index contributed by atoms with van der Waals surface area (Å²) in [6, 6.07) is 16.7. The van der Waals surface area contributed by atoms with E-state index in [-0.39, 0.29) is 11.6 Å². The van der Waals surface area contributed by atoms with Gasteiger partial charge in [-0.2, -0.15) is 0 Å². The predicted molar refractivity (Wildman–Crippen MR) is 84.2 cm³/mol. The Labute approximate surface area is 127 Å². The summed E-state index contributed by atoms with van der Waals surface area (Å²) < 4.78 is 1.76. The number of nitrogens with zero attached hydrogens (tertiary/aromatic N) is 1. The zero-order valence-corrected chi connectivity index (χ0v) is 12.0. The molecule has 0 N–H and O–H groups in total. The highest BCUT2D eigenvalue weighted by Gasteiger charge is 2.34. The molecule has 3 heteroatoms. The fraction of sp³-hybridized carbons (Fsp3) is 0.0526. The van der Waals surface area contributed by atoms with Crippen molar-refractivity contribution >= 4 is 11.6 Å². The average Bonchev–Trinajstić information content (AvgIpc) is 2.91. The van der Waals surface area contributed by atoms with Gasteiger partial charge in [0.15, 0.2) is 5.78 Å².